The fourth-order valence-corrected chi connectivity index (χ4v) is 2.28. The zero-order valence-corrected chi connectivity index (χ0v) is 12.1. The quantitative estimate of drug-likeness (QED) is 0.916. The molecule has 0 saturated heterocycles. The van der Waals surface area contributed by atoms with Crippen LogP contribution in [-0.2, 0) is 4.79 Å². The molecule has 0 saturated carbocycles. The van der Waals surface area contributed by atoms with Crippen molar-refractivity contribution in [1.82, 2.24) is 9.88 Å². The van der Waals surface area contributed by atoms with Gasteiger partial charge in [0.25, 0.3) is 5.91 Å². The van der Waals surface area contributed by atoms with Crippen molar-refractivity contribution < 1.29 is 14.7 Å². The molecular weight excluding hydrogens is 268 g/mol. The number of hydrogen-bond donors (Lipinski definition) is 1. The fourth-order valence-electron chi connectivity index (χ4n) is 2.28. The summed E-state index contributed by atoms with van der Waals surface area (Å²) in [5.41, 5.74) is 0.440. The van der Waals surface area contributed by atoms with Gasteiger partial charge in [-0.2, -0.15) is 0 Å². The summed E-state index contributed by atoms with van der Waals surface area (Å²) in [7, 11) is 0. The van der Waals surface area contributed by atoms with Gasteiger partial charge in [-0.05, 0) is 11.3 Å². The number of hydrogen-bond acceptors (Lipinski definition) is 3. The van der Waals surface area contributed by atoms with E-state index in [-0.39, 0.29) is 18.4 Å². The van der Waals surface area contributed by atoms with E-state index in [0.717, 1.165) is 10.8 Å². The third kappa shape index (κ3) is 3.56. The molecule has 0 aliphatic heterocycles. The number of pyridine rings is 1. The molecule has 1 heterocycles. The second-order valence-electron chi connectivity index (χ2n) is 5.38. The molecule has 2 rings (SSSR count). The van der Waals surface area contributed by atoms with Gasteiger partial charge < -0.3 is 10.0 Å². The summed E-state index contributed by atoms with van der Waals surface area (Å²) in [5, 5.41) is 10.6. The Morgan fingerprint density at radius 1 is 1.24 bits per heavy atom. The number of fused-ring (bicyclic) bond motifs is 1. The monoisotopic (exact) mass is 286 g/mol. The van der Waals surface area contributed by atoms with Crippen LogP contribution in [0, 0.1) is 5.92 Å². The topological polar surface area (TPSA) is 70.5 Å². The van der Waals surface area contributed by atoms with Crippen molar-refractivity contribution in [3.63, 3.8) is 0 Å². The molecule has 1 aromatic carbocycles. The van der Waals surface area contributed by atoms with E-state index >= 15 is 0 Å². The van der Waals surface area contributed by atoms with Crippen LogP contribution in [0.3, 0.4) is 0 Å². The van der Waals surface area contributed by atoms with Gasteiger partial charge in [0.05, 0.1) is 5.56 Å². The molecule has 2 aromatic rings. The molecule has 1 aromatic heterocycles. The number of benzene rings is 1. The molecule has 0 fully saturated rings. The van der Waals surface area contributed by atoms with E-state index in [0.29, 0.717) is 12.1 Å². The van der Waals surface area contributed by atoms with Crippen molar-refractivity contribution in [2.45, 2.75) is 13.8 Å². The number of carbonyl (C=O) groups excluding carboxylic acids is 1. The van der Waals surface area contributed by atoms with Crippen molar-refractivity contribution in [3.8, 4) is 0 Å². The van der Waals surface area contributed by atoms with E-state index in [2.05, 4.69) is 4.98 Å². The number of rotatable bonds is 5. The van der Waals surface area contributed by atoms with E-state index in [9.17, 15) is 9.59 Å². The molecule has 1 amide bonds. The second kappa shape index (κ2) is 6.35. The van der Waals surface area contributed by atoms with Crippen molar-refractivity contribution in [1.29, 1.82) is 0 Å². The lowest BCUT2D eigenvalue weighted by molar-refractivity contribution is -0.137. The smallest absolute Gasteiger partial charge is 0.323 e. The molecule has 5 heteroatoms. The molecule has 5 nitrogen and oxygen atoms in total. The molecule has 110 valence electrons. The van der Waals surface area contributed by atoms with Gasteiger partial charge in [0.15, 0.2) is 0 Å². The Morgan fingerprint density at radius 2 is 1.95 bits per heavy atom. The first kappa shape index (κ1) is 15.0. The maximum atomic E-state index is 12.7. The zero-order valence-electron chi connectivity index (χ0n) is 12.1. The molecule has 0 bridgehead atoms. The van der Waals surface area contributed by atoms with Crippen LogP contribution in [0.5, 0.6) is 0 Å². The van der Waals surface area contributed by atoms with Crippen LogP contribution in [0.4, 0.5) is 0 Å². The highest BCUT2D eigenvalue weighted by atomic mass is 16.4. The van der Waals surface area contributed by atoms with Gasteiger partial charge >= 0.3 is 5.97 Å². The van der Waals surface area contributed by atoms with E-state index in [1.54, 1.807) is 6.20 Å². The average molecular weight is 286 g/mol. The summed E-state index contributed by atoms with van der Waals surface area (Å²) in [6.07, 6.45) is 3.19. The van der Waals surface area contributed by atoms with Crippen molar-refractivity contribution >= 4 is 22.6 Å². The Hall–Kier alpha value is -2.43. The molecule has 0 atom stereocenters. The van der Waals surface area contributed by atoms with E-state index in [1.807, 2.05) is 38.1 Å². The summed E-state index contributed by atoms with van der Waals surface area (Å²) in [6.45, 7) is 3.99. The average Bonchev–Trinajstić information content (AvgIpc) is 2.44. The number of amides is 1. The number of nitrogens with zero attached hydrogens (tertiary/aromatic N) is 2. The van der Waals surface area contributed by atoms with Gasteiger partial charge in [-0.3, -0.25) is 14.6 Å². The normalized spacial score (nSPS) is 10.8. The maximum Gasteiger partial charge on any atom is 0.323 e. The molecule has 0 radical (unpaired) electrons. The van der Waals surface area contributed by atoms with E-state index < -0.39 is 5.97 Å². The van der Waals surface area contributed by atoms with Crippen LogP contribution in [0.1, 0.15) is 24.2 Å². The van der Waals surface area contributed by atoms with Gasteiger partial charge in [0.2, 0.25) is 0 Å². The molecule has 1 N–H and O–H groups in total. The largest absolute Gasteiger partial charge is 0.480 e. The van der Waals surface area contributed by atoms with Crippen LogP contribution < -0.4 is 0 Å². The summed E-state index contributed by atoms with van der Waals surface area (Å²) in [6, 6.07) is 7.45. The number of aliphatic carboxylic acids is 1. The van der Waals surface area contributed by atoms with Gasteiger partial charge in [-0.15, -0.1) is 0 Å². The predicted molar refractivity (Wildman–Crippen MR) is 80.1 cm³/mol. The van der Waals surface area contributed by atoms with Crippen molar-refractivity contribution in [2.75, 3.05) is 13.1 Å². The van der Waals surface area contributed by atoms with Crippen molar-refractivity contribution in [2.24, 2.45) is 5.92 Å². The Balaban J connectivity index is 2.40. The Labute approximate surface area is 123 Å². The highest BCUT2D eigenvalue weighted by Crippen LogP contribution is 2.19. The first-order valence-electron chi connectivity index (χ1n) is 6.83. The molecular formula is C16H18N2O3. The Bertz CT molecular complexity index is 662. The SMILES string of the molecule is CC(C)CN(CC(=O)O)C(=O)c1cncc2ccccc12. The minimum absolute atomic E-state index is 0.191. The molecule has 0 spiro atoms. The fraction of sp³-hybridized carbons (Fsp3) is 0.312. The molecule has 0 aliphatic carbocycles. The highest BCUT2D eigenvalue weighted by Gasteiger charge is 2.21. The first-order chi connectivity index (χ1) is 9.99. The molecule has 21 heavy (non-hydrogen) atoms. The van der Waals surface area contributed by atoms with Crippen LogP contribution in [0.25, 0.3) is 10.8 Å². The minimum Gasteiger partial charge on any atom is -0.480 e. The van der Waals surface area contributed by atoms with Crippen LogP contribution in [0.2, 0.25) is 0 Å². The second-order valence-corrected chi connectivity index (χ2v) is 5.38. The summed E-state index contributed by atoms with van der Waals surface area (Å²) in [5.74, 6) is -1.12. The Morgan fingerprint density at radius 3 is 2.62 bits per heavy atom. The van der Waals surface area contributed by atoms with Gasteiger partial charge in [-0.25, -0.2) is 0 Å². The van der Waals surface area contributed by atoms with Crippen LogP contribution in [-0.4, -0.2) is 40.0 Å². The number of carboxylic acids is 1. The van der Waals surface area contributed by atoms with E-state index in [4.69, 9.17) is 5.11 Å². The van der Waals surface area contributed by atoms with Gasteiger partial charge in [0.1, 0.15) is 6.54 Å². The van der Waals surface area contributed by atoms with Gasteiger partial charge in [-0.1, -0.05) is 38.1 Å². The summed E-state index contributed by atoms with van der Waals surface area (Å²) >= 11 is 0. The number of carbonyl (C=O) groups is 2. The highest BCUT2D eigenvalue weighted by molar-refractivity contribution is 6.07. The third-order valence-electron chi connectivity index (χ3n) is 3.10. The van der Waals surface area contributed by atoms with Crippen LogP contribution in [0.15, 0.2) is 36.7 Å². The standard InChI is InChI=1S/C16H18N2O3/c1-11(2)9-18(10-15(19)20)16(21)14-8-17-7-12-5-3-4-6-13(12)14/h3-8,11H,9-10H2,1-2H3,(H,19,20). The zero-order chi connectivity index (χ0) is 15.4. The lowest BCUT2D eigenvalue weighted by Crippen LogP contribution is -2.38. The molecule has 0 unspecified atom stereocenters. The minimum atomic E-state index is -1.02. The lowest BCUT2D eigenvalue weighted by Gasteiger charge is -2.23. The Kier molecular flexibility index (Phi) is 4.52. The lowest BCUT2D eigenvalue weighted by atomic mass is 10.1. The van der Waals surface area contributed by atoms with Crippen LogP contribution >= 0.6 is 0 Å². The maximum absolute atomic E-state index is 12.7. The predicted octanol–water partition coefficient (Wildman–Crippen LogP) is 2.42. The number of aromatic nitrogens is 1. The number of carboxylic acid groups (broad SMARTS) is 1. The third-order valence-corrected chi connectivity index (χ3v) is 3.10. The molecule has 0 aliphatic rings. The van der Waals surface area contributed by atoms with E-state index in [1.165, 1.54) is 11.1 Å². The summed E-state index contributed by atoms with van der Waals surface area (Å²) in [4.78, 5) is 29.1. The summed E-state index contributed by atoms with van der Waals surface area (Å²) < 4.78 is 0. The first-order valence-corrected chi connectivity index (χ1v) is 6.83. The van der Waals surface area contributed by atoms with Crippen molar-refractivity contribution in [3.05, 3.63) is 42.2 Å². The van der Waals surface area contributed by atoms with Gasteiger partial charge in [0, 0.05) is 24.3 Å².